The van der Waals surface area contributed by atoms with E-state index in [0.717, 1.165) is 31.9 Å². The normalized spacial score (nSPS) is 10.5. The third kappa shape index (κ3) is 4.41. The Labute approximate surface area is 155 Å². The van der Waals surface area contributed by atoms with Gasteiger partial charge in [0, 0.05) is 5.56 Å². The number of hydrogen-bond donors (Lipinski definition) is 1. The number of ether oxygens (including phenoxy) is 1. The van der Waals surface area contributed by atoms with Crippen molar-refractivity contribution in [3.63, 3.8) is 0 Å². The molecule has 0 fully saturated rings. The smallest absolute Gasteiger partial charge is 0.262 e. The Kier molecular flexibility index (Phi) is 5.73. The minimum absolute atomic E-state index is 0.0361. The van der Waals surface area contributed by atoms with Crippen LogP contribution in [0.25, 0.3) is 11.3 Å². The number of amides is 1. The van der Waals surface area contributed by atoms with Crippen LogP contribution in [-0.4, -0.2) is 23.8 Å². The lowest BCUT2D eigenvalue weighted by molar-refractivity contribution is -0.118. The Morgan fingerprint density at radius 1 is 1.16 bits per heavy atom. The molecule has 0 atom stereocenters. The Balaban J connectivity index is 1.73. The van der Waals surface area contributed by atoms with Crippen LogP contribution in [-0.2, 0) is 4.79 Å². The molecular weight excluding hydrogens is 352 g/mol. The number of benzene rings is 2. The molecule has 0 bridgehead atoms. The van der Waals surface area contributed by atoms with Gasteiger partial charge in [-0.15, -0.1) is 0 Å². The molecule has 6 heteroatoms. The molecule has 2 aromatic carbocycles. The minimum atomic E-state index is -0.197. The number of para-hydroxylation sites is 1. The summed E-state index contributed by atoms with van der Waals surface area (Å²) in [6, 6.07) is 17.5. The van der Waals surface area contributed by atoms with Crippen molar-refractivity contribution in [2.75, 3.05) is 18.2 Å². The summed E-state index contributed by atoms with van der Waals surface area (Å²) in [5.41, 5.74) is 2.77. The van der Waals surface area contributed by atoms with E-state index in [1.165, 1.54) is 11.3 Å². The molecule has 0 unspecified atom stereocenters. The highest BCUT2D eigenvalue weighted by molar-refractivity contribution is 8.00. The summed E-state index contributed by atoms with van der Waals surface area (Å²) in [4.78, 5) is 16.9. The van der Waals surface area contributed by atoms with Crippen LogP contribution in [0.1, 0.15) is 5.56 Å². The molecule has 128 valence electrons. The van der Waals surface area contributed by atoms with Gasteiger partial charge in [0.25, 0.3) is 5.91 Å². The first-order valence-electron chi connectivity index (χ1n) is 7.76. The summed E-state index contributed by atoms with van der Waals surface area (Å²) >= 11 is 3.03. The highest BCUT2D eigenvalue weighted by Gasteiger charge is 2.15. The molecule has 1 heterocycles. The standard InChI is InChI=1S/C19H18N2O2S2/c1-13-8-6-7-11-15(13)23-12-16(22)20-18-17(21-19(24-2)25-18)14-9-4-3-5-10-14/h3-11H,12H2,1-2H3,(H,20,22). The number of aryl methyl sites for hydroxylation is 1. The number of nitrogens with zero attached hydrogens (tertiary/aromatic N) is 1. The fourth-order valence-electron chi connectivity index (χ4n) is 2.29. The van der Waals surface area contributed by atoms with E-state index in [0.29, 0.717) is 0 Å². The fraction of sp³-hybridized carbons (Fsp3) is 0.158. The number of carbonyl (C=O) groups excluding carboxylic acids is 1. The highest BCUT2D eigenvalue weighted by atomic mass is 32.2. The molecule has 1 N–H and O–H groups in total. The zero-order valence-electron chi connectivity index (χ0n) is 14.0. The van der Waals surface area contributed by atoms with Gasteiger partial charge in [-0.05, 0) is 24.8 Å². The number of anilines is 1. The Morgan fingerprint density at radius 3 is 2.60 bits per heavy atom. The molecule has 25 heavy (non-hydrogen) atoms. The molecule has 1 aromatic heterocycles. The predicted molar refractivity (Wildman–Crippen MR) is 105 cm³/mol. The number of carbonyl (C=O) groups is 1. The lowest BCUT2D eigenvalue weighted by Crippen LogP contribution is -2.20. The second-order valence-electron chi connectivity index (χ2n) is 5.33. The van der Waals surface area contributed by atoms with Crippen molar-refractivity contribution < 1.29 is 9.53 Å². The largest absolute Gasteiger partial charge is 0.483 e. The van der Waals surface area contributed by atoms with Gasteiger partial charge in [0.15, 0.2) is 10.9 Å². The van der Waals surface area contributed by atoms with Crippen molar-refractivity contribution in [3.05, 3.63) is 60.2 Å². The lowest BCUT2D eigenvalue weighted by atomic mass is 10.2. The van der Waals surface area contributed by atoms with E-state index < -0.39 is 0 Å². The van der Waals surface area contributed by atoms with E-state index in [2.05, 4.69) is 10.3 Å². The molecule has 0 saturated carbocycles. The number of thiazole rings is 1. The fourth-order valence-corrected chi connectivity index (χ4v) is 3.79. The molecule has 0 aliphatic heterocycles. The summed E-state index contributed by atoms with van der Waals surface area (Å²) in [7, 11) is 0. The molecule has 1 amide bonds. The summed E-state index contributed by atoms with van der Waals surface area (Å²) in [6.07, 6.45) is 1.97. The highest BCUT2D eigenvalue weighted by Crippen LogP contribution is 2.36. The zero-order valence-corrected chi connectivity index (χ0v) is 15.6. The maximum Gasteiger partial charge on any atom is 0.262 e. The maximum atomic E-state index is 12.3. The van der Waals surface area contributed by atoms with Crippen LogP contribution in [0.3, 0.4) is 0 Å². The van der Waals surface area contributed by atoms with E-state index in [1.807, 2.05) is 67.8 Å². The first-order valence-corrected chi connectivity index (χ1v) is 9.80. The van der Waals surface area contributed by atoms with Gasteiger partial charge in [-0.3, -0.25) is 4.79 Å². The Morgan fingerprint density at radius 2 is 1.88 bits per heavy atom. The van der Waals surface area contributed by atoms with Crippen molar-refractivity contribution in [1.29, 1.82) is 0 Å². The van der Waals surface area contributed by atoms with Crippen LogP contribution in [0.2, 0.25) is 0 Å². The average Bonchev–Trinajstić information content (AvgIpc) is 3.04. The number of thioether (sulfide) groups is 1. The number of rotatable bonds is 6. The number of aromatic nitrogens is 1. The van der Waals surface area contributed by atoms with E-state index in [1.54, 1.807) is 11.8 Å². The molecule has 0 aliphatic rings. The Bertz CT molecular complexity index is 863. The molecule has 0 spiro atoms. The van der Waals surface area contributed by atoms with Crippen LogP contribution in [0.5, 0.6) is 5.75 Å². The predicted octanol–water partition coefficient (Wildman–Crippen LogP) is 4.86. The van der Waals surface area contributed by atoms with Crippen molar-refractivity contribution in [2.24, 2.45) is 0 Å². The monoisotopic (exact) mass is 370 g/mol. The van der Waals surface area contributed by atoms with Crippen molar-refractivity contribution in [2.45, 2.75) is 11.3 Å². The van der Waals surface area contributed by atoms with Crippen molar-refractivity contribution in [3.8, 4) is 17.0 Å². The summed E-state index contributed by atoms with van der Waals surface area (Å²) in [5.74, 6) is 0.520. The van der Waals surface area contributed by atoms with Gasteiger partial charge in [0.05, 0.1) is 0 Å². The SMILES string of the molecule is CSc1nc(-c2ccccc2)c(NC(=O)COc2ccccc2C)s1. The zero-order chi connectivity index (χ0) is 17.6. The molecule has 0 radical (unpaired) electrons. The van der Waals surface area contributed by atoms with E-state index in [-0.39, 0.29) is 12.5 Å². The third-order valence-electron chi connectivity index (χ3n) is 3.53. The van der Waals surface area contributed by atoms with Gasteiger partial charge in [-0.2, -0.15) is 0 Å². The van der Waals surface area contributed by atoms with E-state index >= 15 is 0 Å². The van der Waals surface area contributed by atoms with Crippen LogP contribution in [0, 0.1) is 6.92 Å². The number of hydrogen-bond acceptors (Lipinski definition) is 5. The van der Waals surface area contributed by atoms with Crippen LogP contribution in [0.4, 0.5) is 5.00 Å². The third-order valence-corrected chi connectivity index (χ3v) is 5.49. The Hall–Kier alpha value is -2.31. The van der Waals surface area contributed by atoms with Crippen LogP contribution >= 0.6 is 23.1 Å². The molecule has 4 nitrogen and oxygen atoms in total. The van der Waals surface area contributed by atoms with Gasteiger partial charge in [0.1, 0.15) is 16.4 Å². The maximum absolute atomic E-state index is 12.3. The second kappa shape index (κ2) is 8.18. The molecule has 3 aromatic rings. The molecular formula is C19H18N2O2S2. The first-order chi connectivity index (χ1) is 12.2. The summed E-state index contributed by atoms with van der Waals surface area (Å²) < 4.78 is 6.53. The average molecular weight is 370 g/mol. The van der Waals surface area contributed by atoms with Crippen LogP contribution in [0.15, 0.2) is 58.9 Å². The van der Waals surface area contributed by atoms with Gasteiger partial charge in [-0.25, -0.2) is 4.98 Å². The van der Waals surface area contributed by atoms with Crippen molar-refractivity contribution in [1.82, 2.24) is 4.98 Å². The van der Waals surface area contributed by atoms with Gasteiger partial charge in [-0.1, -0.05) is 71.6 Å². The summed E-state index contributed by atoms with van der Waals surface area (Å²) in [5, 5.41) is 3.68. The van der Waals surface area contributed by atoms with E-state index in [4.69, 9.17) is 4.74 Å². The van der Waals surface area contributed by atoms with Gasteiger partial charge < -0.3 is 10.1 Å². The molecule has 0 saturated heterocycles. The lowest BCUT2D eigenvalue weighted by Gasteiger charge is -2.09. The van der Waals surface area contributed by atoms with Gasteiger partial charge in [0.2, 0.25) is 0 Å². The quantitative estimate of drug-likeness (QED) is 0.630. The second-order valence-corrected chi connectivity index (χ2v) is 7.38. The van der Waals surface area contributed by atoms with Gasteiger partial charge >= 0.3 is 0 Å². The minimum Gasteiger partial charge on any atom is -0.483 e. The molecule has 0 aliphatic carbocycles. The number of nitrogens with one attached hydrogen (secondary N) is 1. The molecule has 3 rings (SSSR count). The van der Waals surface area contributed by atoms with Crippen molar-refractivity contribution >= 4 is 34.0 Å². The van der Waals surface area contributed by atoms with E-state index in [9.17, 15) is 4.79 Å². The van der Waals surface area contributed by atoms with Crippen LogP contribution < -0.4 is 10.1 Å². The topological polar surface area (TPSA) is 51.2 Å². The summed E-state index contributed by atoms with van der Waals surface area (Å²) in [6.45, 7) is 1.92. The first kappa shape index (κ1) is 17.5.